The zero-order chi connectivity index (χ0) is 10.4. The molecule has 0 radical (unpaired) electrons. The second-order valence-electron chi connectivity index (χ2n) is 3.25. The summed E-state index contributed by atoms with van der Waals surface area (Å²) in [6.45, 7) is 2.76. The number of anilines is 1. The summed E-state index contributed by atoms with van der Waals surface area (Å²) in [5.74, 6) is 0. The molecule has 14 heavy (non-hydrogen) atoms. The van der Waals surface area contributed by atoms with Gasteiger partial charge < -0.3 is 15.4 Å². The summed E-state index contributed by atoms with van der Waals surface area (Å²) in [6, 6.07) is 0. The summed E-state index contributed by atoms with van der Waals surface area (Å²) in [7, 11) is 3.81. The van der Waals surface area contributed by atoms with Crippen LogP contribution in [0, 0.1) is 0 Å². The molecule has 4 nitrogen and oxygen atoms in total. The molecule has 1 heterocycles. The quantitative estimate of drug-likeness (QED) is 0.724. The van der Waals surface area contributed by atoms with Crippen LogP contribution in [0.3, 0.4) is 0 Å². The lowest BCUT2D eigenvalue weighted by atomic mass is 10.4. The predicted molar refractivity (Wildman–Crippen MR) is 59.4 cm³/mol. The zero-order valence-electron chi connectivity index (χ0n) is 8.69. The van der Waals surface area contributed by atoms with Crippen molar-refractivity contribution in [2.75, 3.05) is 33.0 Å². The fraction of sp³-hybridized carbons (Fsp3) is 0.667. The molecule has 1 aromatic rings. The Morgan fingerprint density at radius 1 is 1.64 bits per heavy atom. The second-order valence-corrected chi connectivity index (χ2v) is 4.40. The van der Waals surface area contributed by atoms with Gasteiger partial charge in [-0.2, -0.15) is 0 Å². The van der Waals surface area contributed by atoms with Gasteiger partial charge in [0, 0.05) is 37.9 Å². The van der Waals surface area contributed by atoms with E-state index in [4.69, 9.17) is 10.5 Å². The van der Waals surface area contributed by atoms with Crippen molar-refractivity contribution in [1.82, 2.24) is 9.88 Å². The molecule has 0 unspecified atom stereocenters. The highest BCUT2D eigenvalue weighted by molar-refractivity contribution is 7.15. The first-order valence-corrected chi connectivity index (χ1v) is 5.41. The molecule has 0 atom stereocenters. The van der Waals surface area contributed by atoms with Crippen molar-refractivity contribution in [3.63, 3.8) is 0 Å². The van der Waals surface area contributed by atoms with E-state index in [1.54, 1.807) is 18.4 Å². The molecule has 0 saturated heterocycles. The third kappa shape index (κ3) is 4.04. The van der Waals surface area contributed by atoms with Gasteiger partial charge in [-0.25, -0.2) is 4.98 Å². The molecule has 1 aromatic heterocycles. The van der Waals surface area contributed by atoms with Gasteiger partial charge in [-0.1, -0.05) is 0 Å². The SMILES string of the molecule is COCCCN(C)Cc1cnc(N)s1. The standard InChI is InChI=1S/C9H17N3OS/c1-12(4-3-5-13-2)7-8-6-11-9(10)14-8/h6H,3-5,7H2,1-2H3,(H2,10,11). The Bertz CT molecular complexity index is 264. The number of ether oxygens (including phenoxy) is 1. The third-order valence-electron chi connectivity index (χ3n) is 1.89. The molecule has 0 aromatic carbocycles. The molecule has 0 aliphatic heterocycles. The minimum absolute atomic E-state index is 0.644. The van der Waals surface area contributed by atoms with Gasteiger partial charge >= 0.3 is 0 Å². The van der Waals surface area contributed by atoms with Crippen LogP contribution in [-0.4, -0.2) is 37.2 Å². The zero-order valence-corrected chi connectivity index (χ0v) is 9.51. The first-order chi connectivity index (χ1) is 6.72. The molecular weight excluding hydrogens is 198 g/mol. The van der Waals surface area contributed by atoms with E-state index < -0.39 is 0 Å². The molecule has 0 amide bonds. The molecule has 1 rings (SSSR count). The summed E-state index contributed by atoms with van der Waals surface area (Å²) in [4.78, 5) is 7.46. The van der Waals surface area contributed by atoms with Gasteiger partial charge in [-0.05, 0) is 13.5 Å². The monoisotopic (exact) mass is 215 g/mol. The number of thiazole rings is 1. The second kappa shape index (κ2) is 5.95. The van der Waals surface area contributed by atoms with E-state index in [1.807, 2.05) is 6.20 Å². The maximum Gasteiger partial charge on any atom is 0.180 e. The van der Waals surface area contributed by atoms with Crippen LogP contribution < -0.4 is 5.73 Å². The van der Waals surface area contributed by atoms with Gasteiger partial charge in [0.2, 0.25) is 0 Å². The van der Waals surface area contributed by atoms with Crippen molar-refractivity contribution in [3.05, 3.63) is 11.1 Å². The van der Waals surface area contributed by atoms with Crippen LogP contribution in [0.4, 0.5) is 5.13 Å². The first kappa shape index (κ1) is 11.4. The van der Waals surface area contributed by atoms with Gasteiger partial charge in [0.25, 0.3) is 0 Å². The highest BCUT2D eigenvalue weighted by Gasteiger charge is 2.02. The molecule has 80 valence electrons. The van der Waals surface area contributed by atoms with Crippen LogP contribution in [0.1, 0.15) is 11.3 Å². The summed E-state index contributed by atoms with van der Waals surface area (Å²) >= 11 is 1.55. The van der Waals surface area contributed by atoms with Crippen molar-refractivity contribution in [2.45, 2.75) is 13.0 Å². The average Bonchev–Trinajstić information content (AvgIpc) is 2.52. The number of nitrogen functional groups attached to an aromatic ring is 1. The number of rotatable bonds is 6. The lowest BCUT2D eigenvalue weighted by Gasteiger charge is -2.14. The van der Waals surface area contributed by atoms with E-state index in [2.05, 4.69) is 16.9 Å². The van der Waals surface area contributed by atoms with Crippen LogP contribution in [0.5, 0.6) is 0 Å². The van der Waals surface area contributed by atoms with Crippen molar-refractivity contribution >= 4 is 16.5 Å². The highest BCUT2D eigenvalue weighted by atomic mass is 32.1. The molecule has 0 fully saturated rings. The molecule has 0 aliphatic carbocycles. The van der Waals surface area contributed by atoms with Crippen LogP contribution >= 0.6 is 11.3 Å². The molecule has 0 saturated carbocycles. The number of hydrogen-bond donors (Lipinski definition) is 1. The van der Waals surface area contributed by atoms with E-state index in [-0.39, 0.29) is 0 Å². The fourth-order valence-electron chi connectivity index (χ4n) is 1.22. The third-order valence-corrected chi connectivity index (χ3v) is 2.70. The smallest absolute Gasteiger partial charge is 0.180 e. The van der Waals surface area contributed by atoms with Gasteiger partial charge in [-0.15, -0.1) is 11.3 Å². The van der Waals surface area contributed by atoms with Crippen molar-refractivity contribution in [3.8, 4) is 0 Å². The van der Waals surface area contributed by atoms with Crippen LogP contribution in [-0.2, 0) is 11.3 Å². The maximum absolute atomic E-state index is 5.54. The number of nitrogens with zero attached hydrogens (tertiary/aromatic N) is 2. The highest BCUT2D eigenvalue weighted by Crippen LogP contribution is 2.15. The average molecular weight is 215 g/mol. The molecule has 0 aliphatic rings. The van der Waals surface area contributed by atoms with E-state index in [1.165, 1.54) is 4.88 Å². The minimum atomic E-state index is 0.644. The van der Waals surface area contributed by atoms with Gasteiger partial charge in [0.15, 0.2) is 5.13 Å². The van der Waals surface area contributed by atoms with Crippen LogP contribution in [0.15, 0.2) is 6.20 Å². The summed E-state index contributed by atoms with van der Waals surface area (Å²) in [5, 5.41) is 0.644. The van der Waals surface area contributed by atoms with Crippen molar-refractivity contribution < 1.29 is 4.74 Å². The molecule has 2 N–H and O–H groups in total. The Kier molecular flexibility index (Phi) is 4.86. The molecule has 0 bridgehead atoms. The Morgan fingerprint density at radius 3 is 3.00 bits per heavy atom. The lowest BCUT2D eigenvalue weighted by molar-refractivity contribution is 0.178. The Hall–Kier alpha value is -0.650. The van der Waals surface area contributed by atoms with E-state index >= 15 is 0 Å². The molecular formula is C9H17N3OS. The Balaban J connectivity index is 2.23. The summed E-state index contributed by atoms with van der Waals surface area (Å²) in [5.41, 5.74) is 5.54. The number of methoxy groups -OCH3 is 1. The Labute approximate surface area is 88.7 Å². The van der Waals surface area contributed by atoms with Crippen LogP contribution in [0.25, 0.3) is 0 Å². The maximum atomic E-state index is 5.54. The van der Waals surface area contributed by atoms with Crippen LogP contribution in [0.2, 0.25) is 0 Å². The van der Waals surface area contributed by atoms with Gasteiger partial charge in [-0.3, -0.25) is 0 Å². The molecule has 5 heteroatoms. The van der Waals surface area contributed by atoms with Crippen molar-refractivity contribution in [1.29, 1.82) is 0 Å². The van der Waals surface area contributed by atoms with E-state index in [9.17, 15) is 0 Å². The number of hydrogen-bond acceptors (Lipinski definition) is 5. The van der Waals surface area contributed by atoms with E-state index in [0.29, 0.717) is 5.13 Å². The predicted octanol–water partition coefficient (Wildman–Crippen LogP) is 1.19. The minimum Gasteiger partial charge on any atom is -0.385 e. The van der Waals surface area contributed by atoms with Gasteiger partial charge in [0.05, 0.1) is 0 Å². The Morgan fingerprint density at radius 2 is 2.43 bits per heavy atom. The van der Waals surface area contributed by atoms with Gasteiger partial charge in [0.1, 0.15) is 0 Å². The largest absolute Gasteiger partial charge is 0.385 e. The lowest BCUT2D eigenvalue weighted by Crippen LogP contribution is -2.19. The summed E-state index contributed by atoms with van der Waals surface area (Å²) < 4.78 is 4.99. The number of nitrogens with two attached hydrogens (primary N) is 1. The summed E-state index contributed by atoms with van der Waals surface area (Å²) in [6.07, 6.45) is 2.90. The fourth-order valence-corrected chi connectivity index (χ4v) is 1.98. The number of aromatic nitrogens is 1. The molecule has 0 spiro atoms. The van der Waals surface area contributed by atoms with Crippen molar-refractivity contribution in [2.24, 2.45) is 0 Å². The topological polar surface area (TPSA) is 51.4 Å². The normalized spacial score (nSPS) is 11.1. The first-order valence-electron chi connectivity index (χ1n) is 4.60. The van der Waals surface area contributed by atoms with E-state index in [0.717, 1.165) is 26.1 Å².